The first-order chi connectivity index (χ1) is 11.3. The van der Waals surface area contributed by atoms with E-state index in [1.165, 1.54) is 18.2 Å². The predicted molar refractivity (Wildman–Crippen MR) is 88.5 cm³/mol. The van der Waals surface area contributed by atoms with Gasteiger partial charge in [-0.05, 0) is 44.9 Å². The molecule has 3 N–H and O–H groups in total. The first-order valence-corrected chi connectivity index (χ1v) is 9.15. The van der Waals surface area contributed by atoms with E-state index in [0.717, 1.165) is 12.5 Å². The number of hydrogen-bond donors (Lipinski definition) is 3. The van der Waals surface area contributed by atoms with Crippen LogP contribution in [0.4, 0.5) is 10.1 Å². The van der Waals surface area contributed by atoms with Crippen LogP contribution in [0.1, 0.15) is 36.5 Å². The Kier molecular flexibility index (Phi) is 4.37. The van der Waals surface area contributed by atoms with Crippen LogP contribution in [0.25, 0.3) is 0 Å². The van der Waals surface area contributed by atoms with E-state index in [1.807, 2.05) is 6.92 Å². The van der Waals surface area contributed by atoms with Crippen molar-refractivity contribution < 1.29 is 17.2 Å². The number of anilines is 1. The Morgan fingerprint density at radius 1 is 1.25 bits per heavy atom. The van der Waals surface area contributed by atoms with Crippen LogP contribution in [0.2, 0.25) is 0 Å². The van der Waals surface area contributed by atoms with Crippen LogP contribution in [-0.4, -0.2) is 14.5 Å². The highest BCUT2D eigenvalue weighted by Crippen LogP contribution is 2.29. The second kappa shape index (κ2) is 6.19. The maximum absolute atomic E-state index is 13.6. The molecule has 2 heterocycles. The van der Waals surface area contributed by atoms with Crippen LogP contribution in [0.3, 0.4) is 0 Å². The van der Waals surface area contributed by atoms with Crippen molar-refractivity contribution in [1.82, 2.24) is 10.9 Å². The largest absolute Gasteiger partial charge is 0.463 e. The van der Waals surface area contributed by atoms with Crippen molar-refractivity contribution in [2.45, 2.75) is 44.2 Å². The van der Waals surface area contributed by atoms with Gasteiger partial charge < -0.3 is 4.42 Å². The number of hydrazine groups is 1. The van der Waals surface area contributed by atoms with Crippen molar-refractivity contribution in [2.75, 3.05) is 4.72 Å². The van der Waals surface area contributed by atoms with Gasteiger partial charge in [-0.15, -0.1) is 0 Å². The molecule has 1 aromatic heterocycles. The van der Waals surface area contributed by atoms with Crippen LogP contribution in [0.5, 0.6) is 0 Å². The minimum atomic E-state index is -3.85. The number of sulfonamides is 1. The fourth-order valence-electron chi connectivity index (χ4n) is 2.69. The quantitative estimate of drug-likeness (QED) is 0.787. The molecule has 0 radical (unpaired) electrons. The Hall–Kier alpha value is -1.90. The number of hydrogen-bond acceptors (Lipinski definition) is 5. The molecule has 6 nitrogen and oxygen atoms in total. The highest BCUT2D eigenvalue weighted by Gasteiger charge is 2.28. The molecule has 0 amide bonds. The molecule has 2 atom stereocenters. The van der Waals surface area contributed by atoms with Crippen molar-refractivity contribution in [3.8, 4) is 0 Å². The Labute approximate surface area is 140 Å². The molecular weight excluding hydrogens is 333 g/mol. The Morgan fingerprint density at radius 2 is 2.00 bits per heavy atom. The van der Waals surface area contributed by atoms with E-state index in [4.69, 9.17) is 4.42 Å². The average Bonchev–Trinajstić information content (AvgIpc) is 3.09. The van der Waals surface area contributed by atoms with Gasteiger partial charge in [0.05, 0.1) is 11.7 Å². The molecule has 3 rings (SSSR count). The van der Waals surface area contributed by atoms with Gasteiger partial charge in [-0.3, -0.25) is 10.1 Å². The summed E-state index contributed by atoms with van der Waals surface area (Å²) in [5.74, 6) is 0.390. The highest BCUT2D eigenvalue weighted by molar-refractivity contribution is 7.92. The average molecular weight is 353 g/mol. The normalized spacial score (nSPS) is 21.2. The van der Waals surface area contributed by atoms with E-state index >= 15 is 0 Å². The third-order valence-corrected chi connectivity index (χ3v) is 5.53. The lowest BCUT2D eigenvalue weighted by Gasteiger charge is -2.08. The molecule has 1 aliphatic rings. The molecule has 1 aromatic carbocycles. The molecule has 0 spiro atoms. The van der Waals surface area contributed by atoms with Crippen molar-refractivity contribution in [3.05, 3.63) is 47.2 Å². The third-order valence-electron chi connectivity index (χ3n) is 4.04. The van der Waals surface area contributed by atoms with E-state index in [0.29, 0.717) is 17.1 Å². The fourth-order valence-corrected chi connectivity index (χ4v) is 3.93. The molecule has 1 fully saturated rings. The predicted octanol–water partition coefficient (Wildman–Crippen LogP) is 2.76. The van der Waals surface area contributed by atoms with Gasteiger partial charge in [-0.25, -0.2) is 18.2 Å². The van der Waals surface area contributed by atoms with Gasteiger partial charge >= 0.3 is 0 Å². The van der Waals surface area contributed by atoms with E-state index < -0.39 is 15.8 Å². The second-order valence-electron chi connectivity index (χ2n) is 6.12. The summed E-state index contributed by atoms with van der Waals surface area (Å²) in [6, 6.07) is 5.91. The lowest BCUT2D eigenvalue weighted by molar-refractivity contribution is 0.416. The van der Waals surface area contributed by atoms with E-state index in [-0.39, 0.29) is 22.7 Å². The topological polar surface area (TPSA) is 83.4 Å². The van der Waals surface area contributed by atoms with Crippen molar-refractivity contribution in [3.63, 3.8) is 0 Å². The molecule has 0 aliphatic carbocycles. The first kappa shape index (κ1) is 16.9. The van der Waals surface area contributed by atoms with Crippen LogP contribution in [0, 0.1) is 19.7 Å². The van der Waals surface area contributed by atoms with Crippen LogP contribution >= 0.6 is 0 Å². The minimum absolute atomic E-state index is 0.0554. The Bertz CT molecular complexity index is 863. The van der Waals surface area contributed by atoms with Crippen molar-refractivity contribution >= 4 is 15.7 Å². The highest BCUT2D eigenvalue weighted by atomic mass is 32.2. The van der Waals surface area contributed by atoms with Gasteiger partial charge in [0, 0.05) is 12.1 Å². The molecule has 2 unspecified atom stereocenters. The smallest absolute Gasteiger partial charge is 0.265 e. The third kappa shape index (κ3) is 3.31. The molecule has 0 bridgehead atoms. The maximum Gasteiger partial charge on any atom is 0.265 e. The van der Waals surface area contributed by atoms with Gasteiger partial charge in [0.25, 0.3) is 10.0 Å². The lowest BCUT2D eigenvalue weighted by Crippen LogP contribution is -2.28. The molecular formula is C16H20FN3O3S. The summed E-state index contributed by atoms with van der Waals surface area (Å²) in [4.78, 5) is 0.0554. The first-order valence-electron chi connectivity index (χ1n) is 7.66. The number of halogens is 1. The zero-order valence-electron chi connectivity index (χ0n) is 13.7. The Morgan fingerprint density at radius 3 is 2.62 bits per heavy atom. The van der Waals surface area contributed by atoms with Gasteiger partial charge in [-0.1, -0.05) is 6.07 Å². The summed E-state index contributed by atoms with van der Waals surface area (Å²) < 4.78 is 46.8. The molecule has 1 saturated heterocycles. The molecule has 2 aromatic rings. The molecule has 1 aliphatic heterocycles. The second-order valence-corrected chi connectivity index (χ2v) is 7.77. The number of nitrogens with one attached hydrogen (secondary N) is 3. The summed E-state index contributed by atoms with van der Waals surface area (Å²) in [6.45, 7) is 5.23. The van der Waals surface area contributed by atoms with Gasteiger partial charge in [-0.2, -0.15) is 0 Å². The van der Waals surface area contributed by atoms with Crippen molar-refractivity contribution in [2.24, 2.45) is 0 Å². The summed E-state index contributed by atoms with van der Waals surface area (Å²) in [5.41, 5.74) is 6.77. The van der Waals surface area contributed by atoms with Gasteiger partial charge in [0.2, 0.25) is 0 Å². The number of furan rings is 1. The van der Waals surface area contributed by atoms with Gasteiger partial charge in [0.15, 0.2) is 0 Å². The van der Waals surface area contributed by atoms with Gasteiger partial charge in [0.1, 0.15) is 22.2 Å². The SMILES string of the molecule is Cc1ccc(NS(=O)(=O)c2cc(C3CC(C)NN3)oc2C)cc1F. The molecule has 24 heavy (non-hydrogen) atoms. The zero-order valence-corrected chi connectivity index (χ0v) is 14.5. The Balaban J connectivity index is 1.86. The van der Waals surface area contributed by atoms with E-state index in [2.05, 4.69) is 15.6 Å². The monoisotopic (exact) mass is 353 g/mol. The fraction of sp³-hybridized carbons (Fsp3) is 0.375. The zero-order chi connectivity index (χ0) is 17.5. The van der Waals surface area contributed by atoms with Crippen molar-refractivity contribution in [1.29, 1.82) is 0 Å². The van der Waals surface area contributed by atoms with E-state index in [1.54, 1.807) is 13.8 Å². The van der Waals surface area contributed by atoms with Crippen LogP contribution < -0.4 is 15.6 Å². The van der Waals surface area contributed by atoms with Crippen LogP contribution in [-0.2, 0) is 10.0 Å². The summed E-state index contributed by atoms with van der Waals surface area (Å²) >= 11 is 0. The molecule has 8 heteroatoms. The molecule has 130 valence electrons. The number of aryl methyl sites for hydroxylation is 2. The standard InChI is InChI=1S/C16H20FN3O3S/c1-9-4-5-12(7-13(9)17)20-24(21,22)16-8-15(23-11(16)3)14-6-10(2)18-19-14/h4-5,7-8,10,14,18-20H,6H2,1-3H3. The van der Waals surface area contributed by atoms with E-state index in [9.17, 15) is 12.8 Å². The number of rotatable bonds is 4. The summed E-state index contributed by atoms with van der Waals surface area (Å²) in [6.07, 6.45) is 0.795. The molecule has 0 saturated carbocycles. The summed E-state index contributed by atoms with van der Waals surface area (Å²) in [5, 5.41) is 0. The maximum atomic E-state index is 13.6. The number of benzene rings is 1. The lowest BCUT2D eigenvalue weighted by atomic mass is 10.1. The van der Waals surface area contributed by atoms with Crippen LogP contribution in [0.15, 0.2) is 33.6 Å². The summed E-state index contributed by atoms with van der Waals surface area (Å²) in [7, 11) is -3.85. The minimum Gasteiger partial charge on any atom is -0.463 e.